The van der Waals surface area contributed by atoms with E-state index in [0.29, 0.717) is 16.5 Å². The normalized spacial score (nSPS) is 13.8. The Morgan fingerprint density at radius 3 is 2.95 bits per heavy atom. The van der Waals surface area contributed by atoms with Gasteiger partial charge in [-0.05, 0) is 23.2 Å². The van der Waals surface area contributed by atoms with Gasteiger partial charge in [-0.15, -0.1) is 0 Å². The van der Waals surface area contributed by atoms with E-state index >= 15 is 0 Å². The highest BCUT2D eigenvalue weighted by Gasteiger charge is 2.18. The van der Waals surface area contributed by atoms with E-state index in [2.05, 4.69) is 15.0 Å². The maximum Gasteiger partial charge on any atom is 0.260 e. The molecule has 1 heterocycles. The minimum absolute atomic E-state index is 0.242. The van der Waals surface area contributed by atoms with E-state index < -0.39 is 12.2 Å². The molecule has 20 heavy (non-hydrogen) atoms. The summed E-state index contributed by atoms with van der Waals surface area (Å²) in [5.41, 5.74) is 8.82. The van der Waals surface area contributed by atoms with Crippen LogP contribution in [0, 0.1) is 0 Å². The Bertz CT molecular complexity index is 735. The number of aliphatic hydroxyl groups is 2. The van der Waals surface area contributed by atoms with E-state index in [9.17, 15) is 15.0 Å². The van der Waals surface area contributed by atoms with E-state index in [0.717, 1.165) is 0 Å². The molecular formula is C12H13N5O3. The first-order valence-electron chi connectivity index (χ1n) is 5.87. The highest BCUT2D eigenvalue weighted by molar-refractivity contribution is 5.78. The van der Waals surface area contributed by atoms with Crippen LogP contribution in [-0.4, -0.2) is 32.4 Å². The summed E-state index contributed by atoms with van der Waals surface area (Å²) in [5, 5.41) is 23.2. The van der Waals surface area contributed by atoms with Gasteiger partial charge in [0.1, 0.15) is 6.10 Å². The van der Waals surface area contributed by atoms with E-state index in [1.807, 2.05) is 0 Å². The molecule has 1 aromatic heterocycles. The van der Waals surface area contributed by atoms with Gasteiger partial charge in [0.2, 0.25) is 0 Å². The van der Waals surface area contributed by atoms with Crippen molar-refractivity contribution in [2.45, 2.75) is 12.2 Å². The summed E-state index contributed by atoms with van der Waals surface area (Å²) < 4.78 is 1.33. The molecule has 0 saturated carbocycles. The summed E-state index contributed by atoms with van der Waals surface area (Å²) in [5.74, 6) is 0. The molecule has 8 heteroatoms. The van der Waals surface area contributed by atoms with Gasteiger partial charge in [-0.25, -0.2) is 4.98 Å². The van der Waals surface area contributed by atoms with E-state index in [4.69, 9.17) is 5.53 Å². The Kier molecular flexibility index (Phi) is 3.99. The third kappa shape index (κ3) is 2.62. The highest BCUT2D eigenvalue weighted by Crippen LogP contribution is 2.20. The molecule has 2 N–H and O–H groups in total. The van der Waals surface area contributed by atoms with Crippen LogP contribution >= 0.6 is 0 Å². The van der Waals surface area contributed by atoms with Gasteiger partial charge in [-0.1, -0.05) is 11.2 Å². The van der Waals surface area contributed by atoms with Gasteiger partial charge in [0.15, 0.2) is 0 Å². The summed E-state index contributed by atoms with van der Waals surface area (Å²) >= 11 is 0. The lowest BCUT2D eigenvalue weighted by Crippen LogP contribution is -2.22. The number of aromatic nitrogens is 2. The van der Waals surface area contributed by atoms with Crippen LogP contribution in [0.4, 0.5) is 0 Å². The van der Waals surface area contributed by atoms with Crippen LogP contribution in [0.5, 0.6) is 0 Å². The van der Waals surface area contributed by atoms with Crippen molar-refractivity contribution in [2.75, 3.05) is 6.54 Å². The lowest BCUT2D eigenvalue weighted by Gasteiger charge is -2.16. The van der Waals surface area contributed by atoms with Crippen LogP contribution in [-0.2, 0) is 7.05 Å². The summed E-state index contributed by atoms with van der Waals surface area (Å²) in [6, 6.07) is 4.64. The van der Waals surface area contributed by atoms with Crippen LogP contribution < -0.4 is 5.56 Å². The van der Waals surface area contributed by atoms with E-state index in [1.54, 1.807) is 19.2 Å². The van der Waals surface area contributed by atoms with Crippen molar-refractivity contribution in [3.63, 3.8) is 0 Å². The summed E-state index contributed by atoms with van der Waals surface area (Å²) in [6.45, 7) is -0.249. The van der Waals surface area contributed by atoms with Crippen molar-refractivity contribution >= 4 is 10.9 Å². The van der Waals surface area contributed by atoms with Gasteiger partial charge in [0.05, 0.1) is 29.9 Å². The number of aliphatic hydroxyl groups excluding tert-OH is 2. The number of fused-ring (bicyclic) bond motifs is 1. The molecular weight excluding hydrogens is 262 g/mol. The highest BCUT2D eigenvalue weighted by atomic mass is 16.3. The van der Waals surface area contributed by atoms with Crippen LogP contribution in [0.2, 0.25) is 0 Å². The minimum atomic E-state index is -1.24. The summed E-state index contributed by atoms with van der Waals surface area (Å²) in [6.07, 6.45) is -1.06. The molecule has 1 aromatic carbocycles. The van der Waals surface area contributed by atoms with Crippen LogP contribution in [0.15, 0.2) is 34.4 Å². The molecule has 0 saturated heterocycles. The van der Waals surface area contributed by atoms with Crippen molar-refractivity contribution in [3.8, 4) is 0 Å². The molecule has 2 atom stereocenters. The number of benzene rings is 1. The zero-order valence-corrected chi connectivity index (χ0v) is 10.7. The van der Waals surface area contributed by atoms with Gasteiger partial charge >= 0.3 is 0 Å². The van der Waals surface area contributed by atoms with Crippen molar-refractivity contribution in [3.05, 3.63) is 50.9 Å². The van der Waals surface area contributed by atoms with Crippen LogP contribution in [0.25, 0.3) is 21.3 Å². The Labute approximate surface area is 113 Å². The lowest BCUT2D eigenvalue weighted by molar-refractivity contribution is 0.0245. The summed E-state index contributed by atoms with van der Waals surface area (Å²) in [7, 11) is 1.58. The molecule has 0 amide bonds. The molecule has 2 rings (SSSR count). The molecule has 104 valence electrons. The first-order chi connectivity index (χ1) is 9.54. The SMILES string of the molecule is Cn1cnc2ccc(C(O)C(O)CN=[N+]=[N-])cc2c1=O. The maximum absolute atomic E-state index is 12.0. The quantitative estimate of drug-likeness (QED) is 0.482. The molecule has 0 aliphatic rings. The second kappa shape index (κ2) is 5.70. The van der Waals surface area contributed by atoms with Crippen molar-refractivity contribution in [1.82, 2.24) is 9.55 Å². The number of hydrogen-bond acceptors (Lipinski definition) is 5. The predicted octanol–water partition coefficient (Wildman–Crippen LogP) is 0.638. The molecule has 8 nitrogen and oxygen atoms in total. The Hall–Kier alpha value is -2.41. The average molecular weight is 275 g/mol. The fourth-order valence-electron chi connectivity index (χ4n) is 1.85. The van der Waals surface area contributed by atoms with Crippen LogP contribution in [0.3, 0.4) is 0 Å². The van der Waals surface area contributed by atoms with E-state index in [1.165, 1.54) is 17.0 Å². The van der Waals surface area contributed by atoms with Gasteiger partial charge in [-0.3, -0.25) is 4.79 Å². The van der Waals surface area contributed by atoms with Gasteiger partial charge in [0.25, 0.3) is 5.56 Å². The first-order valence-corrected chi connectivity index (χ1v) is 5.87. The molecule has 0 bridgehead atoms. The molecule has 2 unspecified atom stereocenters. The molecule has 0 fully saturated rings. The monoisotopic (exact) mass is 275 g/mol. The number of aryl methyl sites for hydroxylation is 1. The Morgan fingerprint density at radius 2 is 2.25 bits per heavy atom. The molecule has 2 aromatic rings. The maximum atomic E-state index is 12.0. The smallest absolute Gasteiger partial charge is 0.260 e. The largest absolute Gasteiger partial charge is 0.390 e. The zero-order valence-electron chi connectivity index (χ0n) is 10.7. The number of nitrogens with zero attached hydrogens (tertiary/aromatic N) is 5. The Balaban J connectivity index is 2.43. The molecule has 0 radical (unpaired) electrons. The molecule has 0 aliphatic heterocycles. The first kappa shape index (κ1) is 14.0. The second-order valence-electron chi connectivity index (χ2n) is 4.36. The topological polar surface area (TPSA) is 124 Å². The van der Waals surface area contributed by atoms with Gasteiger partial charge in [-0.2, -0.15) is 0 Å². The second-order valence-corrected chi connectivity index (χ2v) is 4.36. The Morgan fingerprint density at radius 1 is 1.50 bits per heavy atom. The van der Waals surface area contributed by atoms with Gasteiger partial charge in [0, 0.05) is 12.0 Å². The van der Waals surface area contributed by atoms with Crippen LogP contribution in [0.1, 0.15) is 11.7 Å². The third-order valence-corrected chi connectivity index (χ3v) is 2.98. The standard InChI is InChI=1S/C12H13N5O3/c1-17-6-14-9-3-2-7(4-8(9)12(17)20)11(19)10(18)5-15-16-13/h2-4,6,10-11,18-19H,5H2,1H3. The minimum Gasteiger partial charge on any atom is -0.390 e. The fourth-order valence-corrected chi connectivity index (χ4v) is 1.85. The van der Waals surface area contributed by atoms with E-state index in [-0.39, 0.29) is 12.1 Å². The van der Waals surface area contributed by atoms with Gasteiger partial charge < -0.3 is 14.8 Å². The lowest BCUT2D eigenvalue weighted by atomic mass is 10.0. The third-order valence-electron chi connectivity index (χ3n) is 2.98. The van der Waals surface area contributed by atoms with Crippen molar-refractivity contribution in [1.29, 1.82) is 0 Å². The van der Waals surface area contributed by atoms with Crippen molar-refractivity contribution in [2.24, 2.45) is 12.2 Å². The summed E-state index contributed by atoms with van der Waals surface area (Å²) in [4.78, 5) is 18.6. The fraction of sp³-hybridized carbons (Fsp3) is 0.333. The molecule has 0 spiro atoms. The predicted molar refractivity (Wildman–Crippen MR) is 72.0 cm³/mol. The zero-order chi connectivity index (χ0) is 14.7. The number of hydrogen-bond donors (Lipinski definition) is 2. The number of rotatable bonds is 4. The number of azide groups is 1. The van der Waals surface area contributed by atoms with Crippen molar-refractivity contribution < 1.29 is 10.2 Å². The average Bonchev–Trinajstić information content (AvgIpc) is 2.47. The molecule has 0 aliphatic carbocycles.